The topological polar surface area (TPSA) is 55.4 Å². The van der Waals surface area contributed by atoms with Crippen molar-refractivity contribution in [1.29, 1.82) is 0 Å². The molecule has 1 N–H and O–H groups in total. The fourth-order valence-electron chi connectivity index (χ4n) is 1.10. The molecule has 0 spiro atoms. The molecular weight excluding hydrogens is 233 g/mol. The van der Waals surface area contributed by atoms with Crippen LogP contribution in [0.15, 0.2) is 18.2 Å². The zero-order valence-corrected chi connectivity index (χ0v) is 9.97. The number of ether oxygens (including phenoxy) is 1. The molecule has 0 atom stereocenters. The average molecular weight is 247 g/mol. The van der Waals surface area contributed by atoms with Crippen molar-refractivity contribution in [3.63, 3.8) is 0 Å². The van der Waals surface area contributed by atoms with Gasteiger partial charge in [-0.15, -0.1) is 0 Å². The van der Waals surface area contributed by atoms with Crippen LogP contribution in [0.4, 0.5) is 4.39 Å². The first-order valence-electron chi connectivity index (χ1n) is 4.75. The predicted octanol–water partition coefficient (Wildman–Crippen LogP) is 1.06. The van der Waals surface area contributed by atoms with Crippen molar-refractivity contribution in [2.24, 2.45) is 0 Å². The zero-order valence-electron chi connectivity index (χ0n) is 9.16. The molecule has 0 amide bonds. The largest absolute Gasteiger partial charge is 0.489 e. The molecule has 0 saturated heterocycles. The number of aryl methyl sites for hydroxylation is 1. The zero-order chi connectivity index (χ0) is 12.2. The van der Waals surface area contributed by atoms with Crippen molar-refractivity contribution in [1.82, 2.24) is 4.72 Å². The molecule has 0 aliphatic heterocycles. The van der Waals surface area contributed by atoms with E-state index in [0.29, 0.717) is 5.56 Å². The molecule has 1 rings (SSSR count). The van der Waals surface area contributed by atoms with Crippen LogP contribution < -0.4 is 9.46 Å². The molecule has 16 heavy (non-hydrogen) atoms. The van der Waals surface area contributed by atoms with Crippen LogP contribution >= 0.6 is 0 Å². The van der Waals surface area contributed by atoms with E-state index in [0.717, 1.165) is 0 Å². The average Bonchev–Trinajstić information content (AvgIpc) is 2.24. The smallest absolute Gasteiger partial charge is 0.214 e. The lowest BCUT2D eigenvalue weighted by atomic mass is 10.2. The summed E-state index contributed by atoms with van der Waals surface area (Å²) < 4.78 is 42.7. The van der Waals surface area contributed by atoms with E-state index in [-0.39, 0.29) is 18.1 Å². The molecule has 1 aromatic carbocycles. The summed E-state index contributed by atoms with van der Waals surface area (Å²) in [5.74, 6) is -0.577. The maximum absolute atomic E-state index is 13.4. The maximum Gasteiger partial charge on any atom is 0.214 e. The summed E-state index contributed by atoms with van der Waals surface area (Å²) in [7, 11) is -1.99. The van der Waals surface area contributed by atoms with E-state index in [1.54, 1.807) is 19.1 Å². The first kappa shape index (κ1) is 12.9. The highest BCUT2D eigenvalue weighted by Gasteiger charge is 2.09. The van der Waals surface area contributed by atoms with E-state index >= 15 is 0 Å². The van der Waals surface area contributed by atoms with Gasteiger partial charge in [0.25, 0.3) is 0 Å². The summed E-state index contributed by atoms with van der Waals surface area (Å²) in [5.41, 5.74) is 0.467. The van der Waals surface area contributed by atoms with Crippen LogP contribution in [0.1, 0.15) is 5.56 Å². The van der Waals surface area contributed by atoms with Crippen molar-refractivity contribution in [3.05, 3.63) is 29.6 Å². The third-order valence-corrected chi connectivity index (χ3v) is 3.40. The van der Waals surface area contributed by atoms with Gasteiger partial charge in [0.15, 0.2) is 11.6 Å². The number of halogens is 1. The van der Waals surface area contributed by atoms with Crippen molar-refractivity contribution < 1.29 is 17.5 Å². The molecule has 0 aliphatic rings. The minimum atomic E-state index is -3.31. The van der Waals surface area contributed by atoms with Crippen LogP contribution in [0, 0.1) is 12.7 Å². The molecule has 0 bridgehead atoms. The van der Waals surface area contributed by atoms with Crippen molar-refractivity contribution in [2.75, 3.05) is 19.4 Å². The Morgan fingerprint density at radius 2 is 2.12 bits per heavy atom. The Morgan fingerprint density at radius 3 is 2.75 bits per heavy atom. The fraction of sp³-hybridized carbons (Fsp3) is 0.400. The number of sulfonamides is 1. The monoisotopic (exact) mass is 247 g/mol. The summed E-state index contributed by atoms with van der Waals surface area (Å²) in [4.78, 5) is 0. The molecule has 90 valence electrons. The van der Waals surface area contributed by atoms with Crippen molar-refractivity contribution in [3.8, 4) is 5.75 Å². The number of benzene rings is 1. The van der Waals surface area contributed by atoms with E-state index in [1.165, 1.54) is 13.1 Å². The van der Waals surface area contributed by atoms with Gasteiger partial charge in [-0.3, -0.25) is 0 Å². The Kier molecular flexibility index (Phi) is 4.26. The summed E-state index contributed by atoms with van der Waals surface area (Å²) in [6, 6.07) is 4.74. The highest BCUT2D eigenvalue weighted by atomic mass is 32.2. The van der Waals surface area contributed by atoms with Crippen LogP contribution in [0.3, 0.4) is 0 Å². The quantitative estimate of drug-likeness (QED) is 0.846. The lowest BCUT2D eigenvalue weighted by Gasteiger charge is -2.08. The van der Waals surface area contributed by atoms with Crippen LogP contribution in [-0.4, -0.2) is 27.8 Å². The standard InChI is InChI=1S/C10H14FNO3S/c1-8-4-3-5-9(10(8)11)15-6-7-16(13,14)12-2/h3-5,12H,6-7H2,1-2H3. The Hall–Kier alpha value is -1.14. The minimum absolute atomic E-state index is 0.0753. The predicted molar refractivity (Wildman–Crippen MR) is 59.5 cm³/mol. The van der Waals surface area contributed by atoms with Gasteiger partial charge in [-0.1, -0.05) is 12.1 Å². The first-order chi connectivity index (χ1) is 7.46. The van der Waals surface area contributed by atoms with Gasteiger partial charge in [0.2, 0.25) is 10.0 Å². The Balaban J connectivity index is 2.59. The number of hydrogen-bond donors (Lipinski definition) is 1. The number of hydrogen-bond acceptors (Lipinski definition) is 3. The Morgan fingerprint density at radius 1 is 1.44 bits per heavy atom. The second-order valence-electron chi connectivity index (χ2n) is 3.26. The van der Waals surface area contributed by atoms with Crippen molar-refractivity contribution in [2.45, 2.75) is 6.92 Å². The van der Waals surface area contributed by atoms with Gasteiger partial charge in [0, 0.05) is 0 Å². The van der Waals surface area contributed by atoms with Gasteiger partial charge in [0.1, 0.15) is 6.61 Å². The number of nitrogens with one attached hydrogen (secondary N) is 1. The lowest BCUT2D eigenvalue weighted by molar-refractivity contribution is 0.321. The van der Waals surface area contributed by atoms with E-state index in [2.05, 4.69) is 4.72 Å². The van der Waals surface area contributed by atoms with E-state index in [9.17, 15) is 12.8 Å². The van der Waals surface area contributed by atoms with E-state index in [1.807, 2.05) is 0 Å². The van der Waals surface area contributed by atoms with Crippen molar-refractivity contribution >= 4 is 10.0 Å². The van der Waals surface area contributed by atoms with Crippen LogP contribution in [0.25, 0.3) is 0 Å². The second-order valence-corrected chi connectivity index (χ2v) is 5.30. The number of rotatable bonds is 5. The molecule has 4 nitrogen and oxygen atoms in total. The van der Waals surface area contributed by atoms with Gasteiger partial charge >= 0.3 is 0 Å². The van der Waals surface area contributed by atoms with Gasteiger partial charge in [-0.25, -0.2) is 17.5 Å². The molecule has 6 heteroatoms. The summed E-state index contributed by atoms with van der Waals surface area (Å²) in [6.45, 7) is 1.54. The molecule has 1 aromatic rings. The highest BCUT2D eigenvalue weighted by molar-refractivity contribution is 7.89. The van der Waals surface area contributed by atoms with E-state index < -0.39 is 15.8 Å². The van der Waals surface area contributed by atoms with Crippen LogP contribution in [-0.2, 0) is 10.0 Å². The van der Waals surface area contributed by atoms with Gasteiger partial charge < -0.3 is 4.74 Å². The summed E-state index contributed by atoms with van der Waals surface area (Å²) in [5, 5.41) is 0. The maximum atomic E-state index is 13.4. The minimum Gasteiger partial charge on any atom is -0.489 e. The molecular formula is C10H14FNO3S. The van der Waals surface area contributed by atoms with Gasteiger partial charge in [0.05, 0.1) is 5.75 Å². The molecule has 0 radical (unpaired) electrons. The molecule has 0 unspecified atom stereocenters. The second kappa shape index (κ2) is 5.27. The fourth-order valence-corrected chi connectivity index (χ4v) is 1.60. The Labute approximate surface area is 94.5 Å². The molecule has 0 heterocycles. The Bertz CT molecular complexity index is 459. The first-order valence-corrected chi connectivity index (χ1v) is 6.40. The summed E-state index contributed by atoms with van der Waals surface area (Å²) >= 11 is 0. The van der Waals surface area contributed by atoms with Gasteiger partial charge in [-0.2, -0.15) is 0 Å². The van der Waals surface area contributed by atoms with Crippen LogP contribution in [0.2, 0.25) is 0 Å². The SMILES string of the molecule is CNS(=O)(=O)CCOc1cccc(C)c1F. The third kappa shape index (κ3) is 3.46. The molecule has 0 aliphatic carbocycles. The molecule has 0 aromatic heterocycles. The molecule has 0 fully saturated rings. The van der Waals surface area contributed by atoms with Gasteiger partial charge in [-0.05, 0) is 25.6 Å². The third-order valence-electron chi connectivity index (χ3n) is 2.08. The normalized spacial score (nSPS) is 11.4. The summed E-state index contributed by atoms with van der Waals surface area (Å²) in [6.07, 6.45) is 0. The highest BCUT2D eigenvalue weighted by Crippen LogP contribution is 2.19. The lowest BCUT2D eigenvalue weighted by Crippen LogP contribution is -2.25. The van der Waals surface area contributed by atoms with Crippen LogP contribution in [0.5, 0.6) is 5.75 Å². The molecule has 0 saturated carbocycles. The van der Waals surface area contributed by atoms with E-state index in [4.69, 9.17) is 4.74 Å².